The average molecular weight is 480 g/mol. The van der Waals surface area contributed by atoms with Crippen molar-refractivity contribution in [2.24, 2.45) is 25.1 Å². The van der Waals surface area contributed by atoms with E-state index in [1.165, 1.54) is 11.6 Å². The molecule has 1 aromatic heterocycles. The van der Waals surface area contributed by atoms with Gasteiger partial charge in [-0.2, -0.15) is 17.9 Å². The van der Waals surface area contributed by atoms with Gasteiger partial charge in [0.1, 0.15) is 11.4 Å². The molecule has 176 valence electrons. The molecule has 2 aliphatic heterocycles. The first-order valence-electron chi connectivity index (χ1n) is 10.9. The maximum absolute atomic E-state index is 13.8. The summed E-state index contributed by atoms with van der Waals surface area (Å²) in [5, 5.41) is 4.59. The summed E-state index contributed by atoms with van der Waals surface area (Å²) >= 11 is 0. The minimum Gasteiger partial charge on any atom is -0.359 e. The standard InChI is InChI=1S/C24H25N5O4S/c1-15-10-12-17(13-11-15)34(32,33)29-21(16-8-6-5-7-9-16)18-14-26(2)22-19(20(18)25-29)23(30)28(4)24(31)27(22)3/h5-13,18,21H,14H2,1-4H3/t18-,21+/m0/s1. The summed E-state index contributed by atoms with van der Waals surface area (Å²) in [6.07, 6.45) is 0. The van der Waals surface area contributed by atoms with Gasteiger partial charge in [0.25, 0.3) is 15.6 Å². The molecule has 2 aromatic carbocycles. The second-order valence-electron chi connectivity index (χ2n) is 8.82. The Morgan fingerprint density at radius 3 is 2.21 bits per heavy atom. The minimum atomic E-state index is -4.02. The van der Waals surface area contributed by atoms with Crippen LogP contribution in [0.15, 0.2) is 74.2 Å². The number of rotatable bonds is 3. The van der Waals surface area contributed by atoms with Gasteiger partial charge in [-0.05, 0) is 24.6 Å². The third-order valence-corrected chi connectivity index (χ3v) is 8.27. The molecule has 34 heavy (non-hydrogen) atoms. The molecule has 9 nitrogen and oxygen atoms in total. The van der Waals surface area contributed by atoms with Gasteiger partial charge in [-0.15, -0.1) is 0 Å². The first-order valence-corrected chi connectivity index (χ1v) is 12.3. The smallest absolute Gasteiger partial charge is 0.332 e. The van der Waals surface area contributed by atoms with E-state index < -0.39 is 33.2 Å². The molecule has 0 aliphatic carbocycles. The zero-order valence-corrected chi connectivity index (χ0v) is 20.2. The van der Waals surface area contributed by atoms with E-state index in [0.717, 1.165) is 20.1 Å². The van der Waals surface area contributed by atoms with Crippen LogP contribution in [0.5, 0.6) is 0 Å². The van der Waals surface area contributed by atoms with Gasteiger partial charge in [-0.25, -0.2) is 4.79 Å². The molecule has 0 saturated carbocycles. The lowest BCUT2D eigenvalue weighted by molar-refractivity contribution is 0.324. The van der Waals surface area contributed by atoms with Crippen molar-refractivity contribution in [3.63, 3.8) is 0 Å². The maximum Gasteiger partial charge on any atom is 0.332 e. The Hall–Kier alpha value is -3.66. The number of hydrazone groups is 1. The van der Waals surface area contributed by atoms with Gasteiger partial charge >= 0.3 is 5.69 Å². The van der Waals surface area contributed by atoms with E-state index in [1.807, 2.05) is 42.2 Å². The van der Waals surface area contributed by atoms with E-state index >= 15 is 0 Å². The van der Waals surface area contributed by atoms with Crippen LogP contribution in [-0.2, 0) is 24.1 Å². The van der Waals surface area contributed by atoms with Gasteiger partial charge in [-0.1, -0.05) is 48.0 Å². The lowest BCUT2D eigenvalue weighted by atomic mass is 9.85. The summed E-state index contributed by atoms with van der Waals surface area (Å²) in [6, 6.07) is 15.3. The van der Waals surface area contributed by atoms with E-state index in [-0.39, 0.29) is 10.5 Å². The average Bonchev–Trinajstić information content (AvgIpc) is 3.21. The van der Waals surface area contributed by atoms with Crippen molar-refractivity contribution in [2.75, 3.05) is 18.5 Å². The molecule has 0 spiro atoms. The molecular weight excluding hydrogens is 454 g/mol. The molecule has 2 aliphatic rings. The molecule has 2 atom stereocenters. The van der Waals surface area contributed by atoms with Crippen molar-refractivity contribution in [1.29, 1.82) is 0 Å². The van der Waals surface area contributed by atoms with Gasteiger partial charge in [-0.3, -0.25) is 13.9 Å². The normalized spacial score (nSPS) is 19.6. The van der Waals surface area contributed by atoms with Gasteiger partial charge in [0, 0.05) is 33.6 Å². The van der Waals surface area contributed by atoms with Crippen molar-refractivity contribution >= 4 is 21.6 Å². The molecule has 5 rings (SSSR count). The highest BCUT2D eigenvalue weighted by molar-refractivity contribution is 7.89. The number of hydrogen-bond donors (Lipinski definition) is 0. The monoisotopic (exact) mass is 479 g/mol. The second-order valence-corrected chi connectivity index (χ2v) is 10.6. The molecule has 0 N–H and O–H groups in total. The van der Waals surface area contributed by atoms with Crippen molar-refractivity contribution in [2.45, 2.75) is 17.9 Å². The molecule has 0 fully saturated rings. The molecule has 0 saturated heterocycles. The summed E-state index contributed by atoms with van der Waals surface area (Å²) in [5.74, 6) is 0.0369. The third kappa shape index (κ3) is 3.12. The van der Waals surface area contributed by atoms with Crippen LogP contribution in [0.3, 0.4) is 0 Å². The number of nitrogens with zero attached hydrogens (tertiary/aromatic N) is 5. The summed E-state index contributed by atoms with van der Waals surface area (Å²) in [7, 11) is 0.793. The Morgan fingerprint density at radius 2 is 1.56 bits per heavy atom. The third-order valence-electron chi connectivity index (χ3n) is 6.60. The Labute approximate surface area is 197 Å². The summed E-state index contributed by atoms with van der Waals surface area (Å²) in [6.45, 7) is 2.28. The highest BCUT2D eigenvalue weighted by Crippen LogP contribution is 2.44. The Morgan fingerprint density at radius 1 is 0.912 bits per heavy atom. The van der Waals surface area contributed by atoms with Crippen LogP contribution in [0.4, 0.5) is 5.82 Å². The minimum absolute atomic E-state index is 0.129. The fourth-order valence-corrected chi connectivity index (χ4v) is 6.34. The number of hydrogen-bond acceptors (Lipinski definition) is 6. The number of aryl methyl sites for hydroxylation is 1. The van der Waals surface area contributed by atoms with Gasteiger partial charge in [0.15, 0.2) is 0 Å². The predicted molar refractivity (Wildman–Crippen MR) is 130 cm³/mol. The van der Waals surface area contributed by atoms with Gasteiger partial charge in [0.2, 0.25) is 0 Å². The molecule has 3 aromatic rings. The first kappa shape index (κ1) is 22.1. The zero-order valence-electron chi connectivity index (χ0n) is 19.3. The highest BCUT2D eigenvalue weighted by atomic mass is 32.2. The Kier molecular flexibility index (Phi) is 5.01. The molecular formula is C24H25N5O4S. The summed E-state index contributed by atoms with van der Waals surface area (Å²) < 4.78 is 31.2. The number of benzene rings is 2. The van der Waals surface area contributed by atoms with Crippen LogP contribution < -0.4 is 16.1 Å². The van der Waals surface area contributed by atoms with Crippen molar-refractivity contribution in [1.82, 2.24) is 13.5 Å². The zero-order chi connectivity index (χ0) is 24.4. The number of fused-ring (bicyclic) bond motifs is 3. The Bertz CT molecular complexity index is 1540. The van der Waals surface area contributed by atoms with Crippen LogP contribution in [0.1, 0.15) is 22.7 Å². The van der Waals surface area contributed by atoms with Crippen molar-refractivity contribution in [3.8, 4) is 0 Å². The Balaban J connectivity index is 1.78. The van der Waals surface area contributed by atoms with Crippen LogP contribution >= 0.6 is 0 Å². The molecule has 0 unspecified atom stereocenters. The fraction of sp³-hybridized carbons (Fsp3) is 0.292. The van der Waals surface area contributed by atoms with Crippen molar-refractivity contribution < 1.29 is 8.42 Å². The highest BCUT2D eigenvalue weighted by Gasteiger charge is 2.49. The number of aromatic nitrogens is 2. The fourth-order valence-electron chi connectivity index (χ4n) is 4.89. The summed E-state index contributed by atoms with van der Waals surface area (Å²) in [4.78, 5) is 27.8. The number of anilines is 1. The van der Waals surface area contributed by atoms with E-state index in [2.05, 4.69) is 5.10 Å². The van der Waals surface area contributed by atoms with Gasteiger partial charge < -0.3 is 4.90 Å². The van der Waals surface area contributed by atoms with E-state index in [0.29, 0.717) is 18.1 Å². The van der Waals surface area contributed by atoms with E-state index in [9.17, 15) is 18.0 Å². The molecule has 0 amide bonds. The van der Waals surface area contributed by atoms with Crippen LogP contribution in [0.2, 0.25) is 0 Å². The van der Waals surface area contributed by atoms with Crippen LogP contribution in [0.25, 0.3) is 0 Å². The molecule has 0 bridgehead atoms. The summed E-state index contributed by atoms with van der Waals surface area (Å²) in [5.41, 5.74) is 1.42. The number of sulfonamides is 1. The van der Waals surface area contributed by atoms with E-state index in [4.69, 9.17) is 0 Å². The molecule has 10 heteroatoms. The van der Waals surface area contributed by atoms with E-state index in [1.54, 1.807) is 38.4 Å². The van der Waals surface area contributed by atoms with Crippen LogP contribution in [0, 0.1) is 12.8 Å². The second kappa shape index (κ2) is 7.69. The van der Waals surface area contributed by atoms with Crippen molar-refractivity contribution in [3.05, 3.63) is 92.1 Å². The quantitative estimate of drug-likeness (QED) is 0.569. The van der Waals surface area contributed by atoms with Gasteiger partial charge in [0.05, 0.1) is 16.6 Å². The molecule has 0 radical (unpaired) electrons. The first-order chi connectivity index (χ1) is 16.1. The topological polar surface area (TPSA) is 97.0 Å². The lowest BCUT2D eigenvalue weighted by Crippen LogP contribution is -2.49. The SMILES string of the molecule is Cc1ccc(S(=O)(=O)N2N=C3c4c(n(C)c(=O)n(C)c4=O)N(C)C[C@@H]3[C@H]2c2ccccc2)cc1. The lowest BCUT2D eigenvalue weighted by Gasteiger charge is -2.35. The largest absolute Gasteiger partial charge is 0.359 e. The molecule has 3 heterocycles. The van der Waals surface area contributed by atoms with Crippen LogP contribution in [-0.4, -0.2) is 41.3 Å². The maximum atomic E-state index is 13.8. The predicted octanol–water partition coefficient (Wildman–Crippen LogP) is 1.61.